The number of aromatic nitrogens is 1. The lowest BCUT2D eigenvalue weighted by Gasteiger charge is -2.26. The summed E-state index contributed by atoms with van der Waals surface area (Å²) in [5.41, 5.74) is 0.387. The van der Waals surface area contributed by atoms with Crippen LogP contribution >= 0.6 is 0 Å². The van der Waals surface area contributed by atoms with Crippen LogP contribution in [0.1, 0.15) is 46.6 Å². The van der Waals surface area contributed by atoms with Crippen molar-refractivity contribution in [2.45, 2.75) is 59.2 Å². The van der Waals surface area contributed by atoms with E-state index in [9.17, 15) is 4.79 Å². The van der Waals surface area contributed by atoms with Crippen LogP contribution in [0.4, 0.5) is 10.6 Å². The summed E-state index contributed by atoms with van der Waals surface area (Å²) in [6, 6.07) is 4.23. The Morgan fingerprint density at radius 1 is 1.48 bits per heavy atom. The van der Waals surface area contributed by atoms with Crippen molar-refractivity contribution in [2.75, 3.05) is 18.5 Å². The van der Waals surface area contributed by atoms with Gasteiger partial charge >= 0.3 is 6.09 Å². The first-order valence-electron chi connectivity index (χ1n) is 8.15. The molecule has 6 nitrogen and oxygen atoms in total. The highest BCUT2D eigenvalue weighted by Crippen LogP contribution is 2.24. The minimum absolute atomic E-state index is 0.323. The molecule has 1 aliphatic heterocycles. The molecule has 1 unspecified atom stereocenters. The summed E-state index contributed by atoms with van der Waals surface area (Å²) < 4.78 is 11.2. The Hall–Kier alpha value is -1.98. The van der Waals surface area contributed by atoms with Gasteiger partial charge in [-0.05, 0) is 46.2 Å². The van der Waals surface area contributed by atoms with Crippen molar-refractivity contribution in [1.29, 1.82) is 0 Å². The van der Waals surface area contributed by atoms with Gasteiger partial charge in [-0.15, -0.1) is 0 Å². The molecule has 128 valence electrons. The predicted octanol–water partition coefficient (Wildman–Crippen LogP) is 3.42. The molecule has 0 spiro atoms. The number of amides is 1. The standard InChI is InChI=1S/C17H27N3O3/c1-6-12(2)18-14-8-7-13-11-20(9-10-22-15(13)19-14)16(21)23-17(3,4)5/h7-8,12H,6,9-11H2,1-5H3,(H,18,19). The first-order valence-corrected chi connectivity index (χ1v) is 8.15. The van der Waals surface area contributed by atoms with Gasteiger partial charge in [-0.1, -0.05) is 6.92 Å². The van der Waals surface area contributed by atoms with E-state index in [0.29, 0.717) is 31.6 Å². The summed E-state index contributed by atoms with van der Waals surface area (Å²) in [5, 5.41) is 3.33. The number of carbonyl (C=O) groups excluding carboxylic acids is 1. The molecule has 0 radical (unpaired) electrons. The largest absolute Gasteiger partial charge is 0.475 e. The molecule has 2 heterocycles. The number of ether oxygens (including phenoxy) is 2. The van der Waals surface area contributed by atoms with Crippen LogP contribution < -0.4 is 10.1 Å². The van der Waals surface area contributed by atoms with Gasteiger partial charge in [-0.25, -0.2) is 4.79 Å². The third kappa shape index (κ3) is 5.01. The molecule has 1 aliphatic rings. The second kappa shape index (κ2) is 7.06. The van der Waals surface area contributed by atoms with E-state index in [2.05, 4.69) is 24.1 Å². The van der Waals surface area contributed by atoms with Gasteiger partial charge in [0, 0.05) is 11.6 Å². The number of anilines is 1. The van der Waals surface area contributed by atoms with Gasteiger partial charge in [0.1, 0.15) is 18.0 Å². The number of fused-ring (bicyclic) bond motifs is 1. The van der Waals surface area contributed by atoms with Crippen LogP contribution in [0.5, 0.6) is 5.88 Å². The maximum absolute atomic E-state index is 12.2. The molecule has 0 bridgehead atoms. The van der Waals surface area contributed by atoms with Gasteiger partial charge in [0.05, 0.1) is 13.1 Å². The molecule has 23 heavy (non-hydrogen) atoms. The molecule has 0 fully saturated rings. The SMILES string of the molecule is CCC(C)Nc1ccc2c(n1)OCCN(C(=O)OC(C)(C)C)C2. The first kappa shape index (κ1) is 17.4. The molecule has 0 aliphatic carbocycles. The lowest BCUT2D eigenvalue weighted by atomic mass is 10.2. The van der Waals surface area contributed by atoms with Crippen molar-refractivity contribution < 1.29 is 14.3 Å². The van der Waals surface area contributed by atoms with Crippen LogP contribution in [0.3, 0.4) is 0 Å². The normalized spacial score (nSPS) is 16.0. The minimum Gasteiger partial charge on any atom is -0.475 e. The van der Waals surface area contributed by atoms with E-state index < -0.39 is 5.60 Å². The molecular weight excluding hydrogens is 294 g/mol. The minimum atomic E-state index is -0.505. The zero-order valence-corrected chi connectivity index (χ0v) is 14.7. The maximum Gasteiger partial charge on any atom is 0.410 e. The Morgan fingerprint density at radius 2 is 2.22 bits per heavy atom. The Morgan fingerprint density at radius 3 is 2.87 bits per heavy atom. The lowest BCUT2D eigenvalue weighted by molar-refractivity contribution is 0.0225. The molecule has 0 aromatic carbocycles. The highest BCUT2D eigenvalue weighted by molar-refractivity contribution is 5.68. The number of hydrogen-bond donors (Lipinski definition) is 1. The number of carbonyl (C=O) groups is 1. The van der Waals surface area contributed by atoms with Crippen molar-refractivity contribution in [1.82, 2.24) is 9.88 Å². The monoisotopic (exact) mass is 321 g/mol. The fourth-order valence-corrected chi connectivity index (χ4v) is 2.17. The summed E-state index contributed by atoms with van der Waals surface area (Å²) >= 11 is 0. The highest BCUT2D eigenvalue weighted by Gasteiger charge is 2.25. The van der Waals surface area contributed by atoms with Gasteiger partial charge < -0.3 is 19.7 Å². The van der Waals surface area contributed by atoms with Crippen molar-refractivity contribution in [3.05, 3.63) is 17.7 Å². The maximum atomic E-state index is 12.2. The van der Waals surface area contributed by atoms with E-state index in [1.54, 1.807) is 4.90 Å². The van der Waals surface area contributed by atoms with Crippen LogP contribution in [-0.2, 0) is 11.3 Å². The number of nitrogens with one attached hydrogen (secondary N) is 1. The molecule has 1 atom stereocenters. The average Bonchev–Trinajstić information content (AvgIpc) is 2.67. The number of rotatable bonds is 3. The van der Waals surface area contributed by atoms with Crippen LogP contribution in [0.2, 0.25) is 0 Å². The summed E-state index contributed by atoms with van der Waals surface area (Å²) in [4.78, 5) is 18.4. The van der Waals surface area contributed by atoms with E-state index in [1.165, 1.54) is 0 Å². The summed E-state index contributed by atoms with van der Waals surface area (Å²) in [5.74, 6) is 1.38. The zero-order chi connectivity index (χ0) is 17.0. The molecule has 1 amide bonds. The van der Waals surface area contributed by atoms with Gasteiger partial charge in [0.2, 0.25) is 5.88 Å². The zero-order valence-electron chi connectivity index (χ0n) is 14.7. The molecule has 6 heteroatoms. The van der Waals surface area contributed by atoms with E-state index in [0.717, 1.165) is 17.8 Å². The lowest BCUT2D eigenvalue weighted by Crippen LogP contribution is -2.37. The summed E-state index contributed by atoms with van der Waals surface area (Å²) in [7, 11) is 0. The molecule has 2 rings (SSSR count). The number of hydrogen-bond acceptors (Lipinski definition) is 5. The molecule has 0 saturated heterocycles. The molecule has 1 aromatic rings. The third-order valence-corrected chi connectivity index (χ3v) is 3.56. The predicted molar refractivity (Wildman–Crippen MR) is 89.8 cm³/mol. The number of nitrogens with zero attached hydrogens (tertiary/aromatic N) is 2. The summed E-state index contributed by atoms with van der Waals surface area (Å²) in [6.07, 6.45) is 0.697. The van der Waals surface area contributed by atoms with E-state index >= 15 is 0 Å². The fourth-order valence-electron chi connectivity index (χ4n) is 2.17. The fraction of sp³-hybridized carbons (Fsp3) is 0.647. The van der Waals surface area contributed by atoms with E-state index in [1.807, 2.05) is 32.9 Å². The van der Waals surface area contributed by atoms with E-state index in [-0.39, 0.29) is 6.09 Å². The highest BCUT2D eigenvalue weighted by atomic mass is 16.6. The Kier molecular flexibility index (Phi) is 5.34. The van der Waals surface area contributed by atoms with Crippen molar-refractivity contribution in [2.24, 2.45) is 0 Å². The second-order valence-corrected chi connectivity index (χ2v) is 6.86. The van der Waals surface area contributed by atoms with Crippen molar-refractivity contribution in [3.63, 3.8) is 0 Å². The summed E-state index contributed by atoms with van der Waals surface area (Å²) in [6.45, 7) is 11.2. The van der Waals surface area contributed by atoms with Crippen LogP contribution in [0.15, 0.2) is 12.1 Å². The van der Waals surface area contributed by atoms with Crippen LogP contribution in [-0.4, -0.2) is 40.8 Å². The van der Waals surface area contributed by atoms with Gasteiger partial charge in [-0.2, -0.15) is 4.98 Å². The second-order valence-electron chi connectivity index (χ2n) is 6.86. The Balaban J connectivity index is 2.10. The average molecular weight is 321 g/mol. The Bertz CT molecular complexity index is 555. The van der Waals surface area contributed by atoms with Crippen LogP contribution in [0, 0.1) is 0 Å². The smallest absolute Gasteiger partial charge is 0.410 e. The molecule has 1 N–H and O–H groups in total. The van der Waals surface area contributed by atoms with Crippen molar-refractivity contribution in [3.8, 4) is 5.88 Å². The van der Waals surface area contributed by atoms with Gasteiger partial charge in [0.25, 0.3) is 0 Å². The van der Waals surface area contributed by atoms with Crippen molar-refractivity contribution >= 4 is 11.9 Å². The van der Waals surface area contributed by atoms with E-state index in [4.69, 9.17) is 9.47 Å². The molecule has 1 aromatic heterocycles. The van der Waals surface area contributed by atoms with Gasteiger partial charge in [0.15, 0.2) is 0 Å². The first-order chi connectivity index (χ1) is 10.8. The topological polar surface area (TPSA) is 63.7 Å². The molecular formula is C17H27N3O3. The third-order valence-electron chi connectivity index (χ3n) is 3.56. The number of pyridine rings is 1. The Labute approximate surface area is 138 Å². The van der Waals surface area contributed by atoms with Gasteiger partial charge in [-0.3, -0.25) is 0 Å². The van der Waals surface area contributed by atoms with Crippen LogP contribution in [0.25, 0.3) is 0 Å². The quantitative estimate of drug-likeness (QED) is 0.924. The molecule has 0 saturated carbocycles.